The lowest BCUT2D eigenvalue weighted by molar-refractivity contribution is 0.102. The molecule has 2 aromatic carbocycles. The molecule has 5 nitrogen and oxygen atoms in total. The topological polar surface area (TPSA) is 59.6 Å². The summed E-state index contributed by atoms with van der Waals surface area (Å²) < 4.78 is 25.4. The summed E-state index contributed by atoms with van der Waals surface area (Å²) in [7, 11) is 1.50. The van der Waals surface area contributed by atoms with E-state index in [1.165, 1.54) is 7.11 Å². The molecule has 3 rings (SSSR count). The molecule has 0 saturated carbocycles. The zero-order valence-corrected chi connectivity index (χ0v) is 15.8. The Morgan fingerprint density at radius 1 is 1.33 bits per heavy atom. The third-order valence-electron chi connectivity index (χ3n) is 4.24. The van der Waals surface area contributed by atoms with Crippen LogP contribution in [-0.4, -0.2) is 26.2 Å². The third kappa shape index (κ3) is 4.59. The lowest BCUT2D eigenvalue weighted by atomic mass is 9.99. The van der Waals surface area contributed by atoms with Gasteiger partial charge in [-0.1, -0.05) is 18.7 Å². The minimum atomic E-state index is -0.411. The molecule has 1 aliphatic heterocycles. The fourth-order valence-corrected chi connectivity index (χ4v) is 2.90. The van der Waals surface area contributed by atoms with Crippen LogP contribution in [0.1, 0.15) is 21.5 Å². The molecular formula is C20H22ClFN2O3. The number of rotatable bonds is 6. The van der Waals surface area contributed by atoms with Gasteiger partial charge >= 0.3 is 0 Å². The molecule has 7 heteroatoms. The van der Waals surface area contributed by atoms with Gasteiger partial charge in [-0.2, -0.15) is 0 Å². The summed E-state index contributed by atoms with van der Waals surface area (Å²) in [6, 6.07) is 8.25. The van der Waals surface area contributed by atoms with E-state index in [0.717, 1.165) is 12.1 Å². The van der Waals surface area contributed by atoms with Crippen LogP contribution in [0.2, 0.25) is 0 Å². The number of halogens is 2. The Bertz CT molecular complexity index is 842. The van der Waals surface area contributed by atoms with Crippen molar-refractivity contribution < 1.29 is 18.7 Å². The SMILES string of the molecule is C=CCOc1ccc(C(=O)Nc2ccc3c(c2F)CCNC3)cc1OC.Cl. The minimum Gasteiger partial charge on any atom is -0.493 e. The number of fused-ring (bicyclic) bond motifs is 1. The second-order valence-corrected chi connectivity index (χ2v) is 5.91. The highest BCUT2D eigenvalue weighted by Gasteiger charge is 2.18. The molecule has 2 aromatic rings. The average molecular weight is 393 g/mol. The van der Waals surface area contributed by atoms with Crippen molar-refractivity contribution in [3.8, 4) is 11.5 Å². The van der Waals surface area contributed by atoms with Crippen molar-refractivity contribution in [3.05, 3.63) is 65.5 Å². The van der Waals surface area contributed by atoms with Crippen molar-refractivity contribution in [2.75, 3.05) is 25.6 Å². The molecule has 0 atom stereocenters. The van der Waals surface area contributed by atoms with E-state index < -0.39 is 5.91 Å². The standard InChI is InChI=1S/C20H21FN2O3.ClH/c1-3-10-26-17-7-5-13(11-18(17)25-2)20(24)23-16-6-4-14-12-22-9-8-15(14)19(16)21;/h3-7,11,22H,1,8-10,12H2,2H3,(H,23,24);1H. The number of hydrogen-bond donors (Lipinski definition) is 2. The Kier molecular flexibility index (Phi) is 7.21. The first-order chi connectivity index (χ1) is 12.6. The molecule has 0 saturated heterocycles. The van der Waals surface area contributed by atoms with Gasteiger partial charge in [-0.15, -0.1) is 12.4 Å². The van der Waals surface area contributed by atoms with E-state index in [-0.39, 0.29) is 23.9 Å². The van der Waals surface area contributed by atoms with E-state index in [1.54, 1.807) is 30.3 Å². The van der Waals surface area contributed by atoms with E-state index in [2.05, 4.69) is 17.2 Å². The van der Waals surface area contributed by atoms with Crippen LogP contribution >= 0.6 is 12.4 Å². The quantitative estimate of drug-likeness (QED) is 0.735. The molecule has 0 unspecified atom stereocenters. The van der Waals surface area contributed by atoms with E-state index in [0.29, 0.717) is 42.2 Å². The molecule has 144 valence electrons. The first-order valence-corrected chi connectivity index (χ1v) is 8.38. The van der Waals surface area contributed by atoms with E-state index >= 15 is 0 Å². The molecule has 0 aromatic heterocycles. The number of carbonyl (C=O) groups is 1. The van der Waals surface area contributed by atoms with Crippen molar-refractivity contribution >= 4 is 24.0 Å². The molecular weight excluding hydrogens is 371 g/mol. The summed E-state index contributed by atoms with van der Waals surface area (Å²) in [5.41, 5.74) is 2.12. The summed E-state index contributed by atoms with van der Waals surface area (Å²) in [5, 5.41) is 5.84. The predicted molar refractivity (Wildman–Crippen MR) is 106 cm³/mol. The van der Waals surface area contributed by atoms with Crippen LogP contribution < -0.4 is 20.1 Å². The maximum atomic E-state index is 14.7. The van der Waals surface area contributed by atoms with Crippen molar-refractivity contribution in [2.24, 2.45) is 0 Å². The van der Waals surface area contributed by atoms with Crippen LogP contribution in [0.25, 0.3) is 0 Å². The predicted octanol–water partition coefficient (Wildman–Crippen LogP) is 3.72. The summed E-state index contributed by atoms with van der Waals surface area (Å²) >= 11 is 0. The van der Waals surface area contributed by atoms with Crippen molar-refractivity contribution in [3.63, 3.8) is 0 Å². The first kappa shape index (κ1) is 20.7. The van der Waals surface area contributed by atoms with E-state index in [9.17, 15) is 9.18 Å². The number of nitrogens with one attached hydrogen (secondary N) is 2. The smallest absolute Gasteiger partial charge is 0.255 e. The molecule has 0 fully saturated rings. The Morgan fingerprint density at radius 3 is 2.89 bits per heavy atom. The number of amides is 1. The fraction of sp³-hybridized carbons (Fsp3) is 0.250. The molecule has 1 aliphatic rings. The zero-order valence-electron chi connectivity index (χ0n) is 15.0. The van der Waals surface area contributed by atoms with Gasteiger partial charge in [0.2, 0.25) is 0 Å². The van der Waals surface area contributed by atoms with E-state index in [1.807, 2.05) is 6.07 Å². The van der Waals surface area contributed by atoms with Crippen LogP contribution in [0.4, 0.5) is 10.1 Å². The normalized spacial score (nSPS) is 12.4. The molecule has 0 spiro atoms. The van der Waals surface area contributed by atoms with Gasteiger partial charge in [-0.05, 0) is 48.4 Å². The average Bonchev–Trinajstić information content (AvgIpc) is 2.68. The lowest BCUT2D eigenvalue weighted by Gasteiger charge is -2.19. The number of benzene rings is 2. The van der Waals surface area contributed by atoms with Gasteiger partial charge in [0.1, 0.15) is 12.4 Å². The Balaban J connectivity index is 0.00000261. The van der Waals surface area contributed by atoms with Gasteiger partial charge < -0.3 is 20.1 Å². The van der Waals surface area contributed by atoms with E-state index in [4.69, 9.17) is 9.47 Å². The summed E-state index contributed by atoms with van der Waals surface area (Å²) in [6.45, 7) is 5.29. The van der Waals surface area contributed by atoms with Crippen molar-refractivity contribution in [1.29, 1.82) is 0 Å². The molecule has 0 radical (unpaired) electrons. The second-order valence-electron chi connectivity index (χ2n) is 5.91. The van der Waals surface area contributed by atoms with Gasteiger partial charge in [0.05, 0.1) is 12.8 Å². The number of anilines is 1. The molecule has 0 bridgehead atoms. The zero-order chi connectivity index (χ0) is 18.5. The Hall–Kier alpha value is -2.57. The summed E-state index contributed by atoms with van der Waals surface area (Å²) in [5.74, 6) is 0.162. The molecule has 27 heavy (non-hydrogen) atoms. The van der Waals surface area contributed by atoms with Gasteiger partial charge in [0.15, 0.2) is 11.5 Å². The van der Waals surface area contributed by atoms with Crippen molar-refractivity contribution in [1.82, 2.24) is 5.32 Å². The molecule has 0 aliphatic carbocycles. The fourth-order valence-electron chi connectivity index (χ4n) is 2.90. The van der Waals surface area contributed by atoms with Gasteiger partial charge in [-0.25, -0.2) is 4.39 Å². The van der Waals surface area contributed by atoms with Crippen LogP contribution in [0, 0.1) is 5.82 Å². The highest BCUT2D eigenvalue weighted by atomic mass is 35.5. The van der Waals surface area contributed by atoms with Crippen LogP contribution in [0.15, 0.2) is 43.0 Å². The van der Waals surface area contributed by atoms with Gasteiger partial charge in [0, 0.05) is 12.1 Å². The second kappa shape index (κ2) is 9.39. The Labute approximate surface area is 164 Å². The number of ether oxygens (including phenoxy) is 2. The van der Waals surface area contributed by atoms with Gasteiger partial charge in [-0.3, -0.25) is 4.79 Å². The summed E-state index contributed by atoms with van der Waals surface area (Å²) in [6.07, 6.45) is 2.22. The number of methoxy groups -OCH3 is 1. The van der Waals surface area contributed by atoms with Crippen LogP contribution in [-0.2, 0) is 13.0 Å². The van der Waals surface area contributed by atoms with Gasteiger partial charge in [0.25, 0.3) is 5.91 Å². The van der Waals surface area contributed by atoms with Crippen LogP contribution in [0.5, 0.6) is 11.5 Å². The largest absolute Gasteiger partial charge is 0.493 e. The van der Waals surface area contributed by atoms with Crippen LogP contribution in [0.3, 0.4) is 0 Å². The number of carbonyl (C=O) groups excluding carboxylic acids is 1. The maximum Gasteiger partial charge on any atom is 0.255 e. The first-order valence-electron chi connectivity index (χ1n) is 8.38. The Morgan fingerprint density at radius 2 is 2.15 bits per heavy atom. The highest BCUT2D eigenvalue weighted by Crippen LogP contribution is 2.29. The maximum absolute atomic E-state index is 14.7. The number of hydrogen-bond acceptors (Lipinski definition) is 4. The summed E-state index contributed by atoms with van der Waals surface area (Å²) in [4.78, 5) is 12.5. The molecule has 1 amide bonds. The highest BCUT2D eigenvalue weighted by molar-refractivity contribution is 6.04. The monoisotopic (exact) mass is 392 g/mol. The van der Waals surface area contributed by atoms with Crippen molar-refractivity contribution in [2.45, 2.75) is 13.0 Å². The lowest BCUT2D eigenvalue weighted by Crippen LogP contribution is -2.25. The molecule has 2 N–H and O–H groups in total. The third-order valence-corrected chi connectivity index (χ3v) is 4.24. The molecule has 1 heterocycles. The minimum absolute atomic E-state index is 0.